The lowest BCUT2D eigenvalue weighted by atomic mass is 10.1. The number of nitrogens with zero attached hydrogens (tertiary/aromatic N) is 1. The zero-order valence-corrected chi connectivity index (χ0v) is 18.9. The van der Waals surface area contributed by atoms with Crippen LogP contribution in [0.3, 0.4) is 0 Å². The zero-order chi connectivity index (χ0) is 26.1. The van der Waals surface area contributed by atoms with E-state index in [1.807, 2.05) is 0 Å². The van der Waals surface area contributed by atoms with Gasteiger partial charge in [-0.15, -0.1) is 0 Å². The van der Waals surface area contributed by atoms with Crippen LogP contribution in [0.5, 0.6) is 11.5 Å². The van der Waals surface area contributed by atoms with Gasteiger partial charge in [0, 0.05) is 5.69 Å². The molecule has 0 fully saturated rings. The van der Waals surface area contributed by atoms with E-state index in [0.29, 0.717) is 22.7 Å². The second kappa shape index (κ2) is 11.6. The highest BCUT2D eigenvalue weighted by Crippen LogP contribution is 2.30. The third kappa shape index (κ3) is 7.11. The van der Waals surface area contributed by atoms with Crippen LogP contribution in [0.1, 0.15) is 11.1 Å². The number of benzene rings is 3. The first-order valence-electron chi connectivity index (χ1n) is 10.5. The van der Waals surface area contributed by atoms with Gasteiger partial charge in [-0.1, -0.05) is 30.3 Å². The SMILES string of the molecule is COc1ccccc1NC(=O)COc1ccc(/C=C(\C#N)C(=O)Nc2cccc(C(F)(F)F)c2)cc1. The van der Waals surface area contributed by atoms with E-state index < -0.39 is 23.6 Å². The lowest BCUT2D eigenvalue weighted by molar-refractivity contribution is -0.137. The molecule has 0 aliphatic rings. The quantitative estimate of drug-likeness (QED) is 0.327. The third-order valence-electron chi connectivity index (χ3n) is 4.75. The normalized spacial score (nSPS) is 11.2. The number of nitrogens with one attached hydrogen (secondary N) is 2. The van der Waals surface area contributed by atoms with Gasteiger partial charge >= 0.3 is 6.18 Å². The number of alkyl halides is 3. The summed E-state index contributed by atoms with van der Waals surface area (Å²) in [5, 5.41) is 14.3. The van der Waals surface area contributed by atoms with E-state index in [2.05, 4.69) is 10.6 Å². The summed E-state index contributed by atoms with van der Waals surface area (Å²) < 4.78 is 49.2. The van der Waals surface area contributed by atoms with E-state index in [1.54, 1.807) is 54.6 Å². The summed E-state index contributed by atoms with van der Waals surface area (Å²) in [5.74, 6) is -0.381. The molecular weight excluding hydrogens is 475 g/mol. The summed E-state index contributed by atoms with van der Waals surface area (Å²) in [7, 11) is 1.49. The van der Waals surface area contributed by atoms with Gasteiger partial charge in [-0.2, -0.15) is 18.4 Å². The van der Waals surface area contributed by atoms with Gasteiger partial charge in [0.15, 0.2) is 6.61 Å². The van der Waals surface area contributed by atoms with Crippen LogP contribution in [0.2, 0.25) is 0 Å². The Morgan fingerprint density at radius 1 is 1.00 bits per heavy atom. The average Bonchev–Trinajstić information content (AvgIpc) is 2.86. The molecule has 0 unspecified atom stereocenters. The van der Waals surface area contributed by atoms with Crippen molar-refractivity contribution >= 4 is 29.3 Å². The van der Waals surface area contributed by atoms with Gasteiger partial charge in [0.25, 0.3) is 11.8 Å². The highest BCUT2D eigenvalue weighted by Gasteiger charge is 2.30. The number of ether oxygens (including phenoxy) is 2. The minimum absolute atomic E-state index is 0.0916. The molecule has 3 aromatic rings. The summed E-state index contributed by atoms with van der Waals surface area (Å²) in [4.78, 5) is 24.6. The molecule has 2 amide bonds. The molecule has 3 aromatic carbocycles. The molecule has 0 spiro atoms. The van der Waals surface area contributed by atoms with Gasteiger partial charge in [0.2, 0.25) is 0 Å². The van der Waals surface area contributed by atoms with Crippen molar-refractivity contribution in [1.82, 2.24) is 0 Å². The number of anilines is 2. The molecular formula is C26H20F3N3O4. The molecule has 0 aromatic heterocycles. The Morgan fingerprint density at radius 3 is 2.39 bits per heavy atom. The van der Waals surface area contributed by atoms with E-state index in [4.69, 9.17) is 9.47 Å². The maximum atomic E-state index is 12.9. The molecule has 7 nitrogen and oxygen atoms in total. The number of halogens is 3. The van der Waals surface area contributed by atoms with Crippen LogP contribution in [0.25, 0.3) is 6.08 Å². The maximum Gasteiger partial charge on any atom is 0.416 e. The Labute approximate surface area is 204 Å². The highest BCUT2D eigenvalue weighted by atomic mass is 19.4. The molecule has 0 aliphatic carbocycles. The van der Waals surface area contributed by atoms with Gasteiger partial charge < -0.3 is 20.1 Å². The van der Waals surface area contributed by atoms with Crippen LogP contribution < -0.4 is 20.1 Å². The number of hydrogen-bond acceptors (Lipinski definition) is 5. The van der Waals surface area contributed by atoms with Crippen LogP contribution in [-0.4, -0.2) is 25.5 Å². The fourth-order valence-electron chi connectivity index (χ4n) is 3.03. The van der Waals surface area contributed by atoms with Gasteiger partial charge in [-0.05, 0) is 54.1 Å². The molecule has 36 heavy (non-hydrogen) atoms. The molecule has 184 valence electrons. The molecule has 2 N–H and O–H groups in total. The molecule has 3 rings (SSSR count). The third-order valence-corrected chi connectivity index (χ3v) is 4.75. The number of hydrogen-bond donors (Lipinski definition) is 2. The number of nitriles is 1. The first kappa shape index (κ1) is 25.8. The Balaban J connectivity index is 1.60. The molecule has 0 saturated carbocycles. The molecule has 0 bridgehead atoms. The Morgan fingerprint density at radius 2 is 1.72 bits per heavy atom. The van der Waals surface area contributed by atoms with Gasteiger partial charge in [-0.3, -0.25) is 9.59 Å². The fraction of sp³-hybridized carbons (Fsp3) is 0.115. The molecule has 0 radical (unpaired) electrons. The first-order valence-corrected chi connectivity index (χ1v) is 10.5. The van der Waals surface area contributed by atoms with Crippen LogP contribution in [0.4, 0.5) is 24.5 Å². The average molecular weight is 495 g/mol. The van der Waals surface area contributed by atoms with Crippen molar-refractivity contribution < 1.29 is 32.2 Å². The maximum absolute atomic E-state index is 12.9. The second-order valence-electron chi connectivity index (χ2n) is 7.31. The van der Waals surface area contributed by atoms with Crippen LogP contribution in [0, 0.1) is 11.3 Å². The molecule has 10 heteroatoms. The van der Waals surface area contributed by atoms with Crippen molar-refractivity contribution in [1.29, 1.82) is 5.26 Å². The van der Waals surface area contributed by atoms with Crippen LogP contribution in [-0.2, 0) is 15.8 Å². The summed E-state index contributed by atoms with van der Waals surface area (Å²) in [5.41, 5.74) is -0.351. The van der Waals surface area contributed by atoms with Crippen molar-refractivity contribution in [2.24, 2.45) is 0 Å². The number of carbonyl (C=O) groups is 2. The largest absolute Gasteiger partial charge is 0.495 e. The zero-order valence-electron chi connectivity index (χ0n) is 18.9. The number of carbonyl (C=O) groups excluding carboxylic acids is 2. The molecule has 0 heterocycles. The predicted molar refractivity (Wildman–Crippen MR) is 127 cm³/mol. The number of amides is 2. The van der Waals surface area contributed by atoms with Crippen molar-refractivity contribution in [2.75, 3.05) is 24.4 Å². The predicted octanol–water partition coefficient (Wildman–Crippen LogP) is 5.28. The van der Waals surface area contributed by atoms with Gasteiger partial charge in [0.05, 0.1) is 18.4 Å². The van der Waals surface area contributed by atoms with E-state index in [1.165, 1.54) is 19.3 Å². The Kier molecular flexibility index (Phi) is 8.30. The van der Waals surface area contributed by atoms with Crippen molar-refractivity contribution in [3.05, 3.63) is 89.5 Å². The topological polar surface area (TPSA) is 100 Å². The molecule has 0 saturated heterocycles. The fourth-order valence-corrected chi connectivity index (χ4v) is 3.03. The van der Waals surface area contributed by atoms with Crippen LogP contribution in [0.15, 0.2) is 78.4 Å². The van der Waals surface area contributed by atoms with Gasteiger partial charge in [0.1, 0.15) is 23.1 Å². The summed E-state index contributed by atoms with van der Waals surface area (Å²) in [6.07, 6.45) is -3.28. The molecule has 0 aliphatic heterocycles. The monoisotopic (exact) mass is 495 g/mol. The van der Waals surface area contributed by atoms with E-state index in [0.717, 1.165) is 18.2 Å². The summed E-state index contributed by atoms with van der Waals surface area (Å²) in [6, 6.07) is 19.0. The van der Waals surface area contributed by atoms with E-state index in [-0.39, 0.29) is 17.9 Å². The number of methoxy groups -OCH3 is 1. The lowest BCUT2D eigenvalue weighted by Crippen LogP contribution is -2.20. The standard InChI is InChI=1S/C26H20F3N3O4/c1-35-23-8-3-2-7-22(23)32-24(33)16-36-21-11-9-17(10-12-21)13-18(15-30)25(34)31-20-6-4-5-19(14-20)26(27,28)29/h2-14H,16H2,1H3,(H,31,34)(H,32,33)/b18-13+. The van der Waals surface area contributed by atoms with Crippen molar-refractivity contribution in [2.45, 2.75) is 6.18 Å². The summed E-state index contributed by atoms with van der Waals surface area (Å²) >= 11 is 0. The summed E-state index contributed by atoms with van der Waals surface area (Å²) in [6.45, 7) is -0.268. The van der Waals surface area contributed by atoms with E-state index >= 15 is 0 Å². The van der Waals surface area contributed by atoms with E-state index in [9.17, 15) is 28.0 Å². The number of para-hydroxylation sites is 2. The first-order chi connectivity index (χ1) is 17.2. The Bertz CT molecular complexity index is 1310. The van der Waals surface area contributed by atoms with Gasteiger partial charge in [-0.25, -0.2) is 0 Å². The minimum atomic E-state index is -4.56. The lowest BCUT2D eigenvalue weighted by Gasteiger charge is -2.11. The minimum Gasteiger partial charge on any atom is -0.495 e. The second-order valence-corrected chi connectivity index (χ2v) is 7.31. The van der Waals surface area contributed by atoms with Crippen molar-refractivity contribution in [3.63, 3.8) is 0 Å². The smallest absolute Gasteiger partial charge is 0.416 e. The molecule has 0 atom stereocenters. The van der Waals surface area contributed by atoms with Crippen LogP contribution >= 0.6 is 0 Å². The van der Waals surface area contributed by atoms with Crippen molar-refractivity contribution in [3.8, 4) is 17.6 Å². The number of rotatable bonds is 8. The Hall–Kier alpha value is -4.78. The highest BCUT2D eigenvalue weighted by molar-refractivity contribution is 6.09.